The number of urea groups is 1. The molecule has 1 unspecified atom stereocenters. The maximum atomic E-state index is 12.3. The minimum absolute atomic E-state index is 0.0391. The van der Waals surface area contributed by atoms with Crippen LogP contribution in [0.2, 0.25) is 0 Å². The highest BCUT2D eigenvalue weighted by molar-refractivity contribution is 7.09. The minimum Gasteiger partial charge on any atom is -0.376 e. The van der Waals surface area contributed by atoms with Gasteiger partial charge in [-0.15, -0.1) is 11.3 Å². The number of nitrogens with zero attached hydrogens (tertiary/aromatic N) is 2. The Kier molecular flexibility index (Phi) is 5.91. The lowest BCUT2D eigenvalue weighted by atomic mass is 10.1. The molecule has 2 aliphatic rings. The van der Waals surface area contributed by atoms with Gasteiger partial charge in [-0.25, -0.2) is 4.79 Å². The summed E-state index contributed by atoms with van der Waals surface area (Å²) >= 11 is 1.82. The predicted molar refractivity (Wildman–Crippen MR) is 92.8 cm³/mol. The molecule has 0 spiro atoms. The van der Waals surface area contributed by atoms with Crippen molar-refractivity contribution >= 4 is 17.4 Å². The molecule has 2 saturated heterocycles. The molecular weight excluding hydrogens is 310 g/mol. The van der Waals surface area contributed by atoms with Gasteiger partial charge in [0, 0.05) is 50.8 Å². The van der Waals surface area contributed by atoms with Crippen LogP contribution in [0.4, 0.5) is 4.79 Å². The highest BCUT2D eigenvalue weighted by Gasteiger charge is 2.24. The number of ether oxygens (including phenoxy) is 1. The van der Waals surface area contributed by atoms with Gasteiger partial charge in [-0.05, 0) is 37.1 Å². The molecule has 0 aromatic carbocycles. The quantitative estimate of drug-likeness (QED) is 0.898. The van der Waals surface area contributed by atoms with Crippen molar-refractivity contribution in [1.29, 1.82) is 0 Å². The predicted octanol–water partition coefficient (Wildman–Crippen LogP) is 2.53. The molecule has 0 saturated carbocycles. The summed E-state index contributed by atoms with van der Waals surface area (Å²) in [6.07, 6.45) is 4.47. The molecule has 23 heavy (non-hydrogen) atoms. The average Bonchev–Trinajstić information content (AvgIpc) is 3.23. The van der Waals surface area contributed by atoms with Crippen LogP contribution < -0.4 is 5.32 Å². The van der Waals surface area contributed by atoms with Crippen LogP contribution in [0, 0.1) is 0 Å². The van der Waals surface area contributed by atoms with Crippen LogP contribution >= 0.6 is 11.3 Å². The first-order valence-electron chi connectivity index (χ1n) is 8.58. The van der Waals surface area contributed by atoms with E-state index in [1.54, 1.807) is 4.90 Å². The van der Waals surface area contributed by atoms with Gasteiger partial charge in [-0.3, -0.25) is 4.90 Å². The summed E-state index contributed by atoms with van der Waals surface area (Å²) in [7, 11) is 1.86. The number of nitrogens with one attached hydrogen (secondary N) is 1. The summed E-state index contributed by atoms with van der Waals surface area (Å²) in [4.78, 5) is 18.0. The Morgan fingerprint density at radius 2 is 2.26 bits per heavy atom. The van der Waals surface area contributed by atoms with Crippen molar-refractivity contribution in [3.63, 3.8) is 0 Å². The van der Waals surface area contributed by atoms with Gasteiger partial charge in [0.25, 0.3) is 0 Å². The number of hydrogen-bond acceptors (Lipinski definition) is 4. The van der Waals surface area contributed by atoms with Crippen LogP contribution in [0.3, 0.4) is 0 Å². The zero-order valence-corrected chi connectivity index (χ0v) is 14.7. The highest BCUT2D eigenvalue weighted by atomic mass is 32.1. The first-order chi connectivity index (χ1) is 11.2. The summed E-state index contributed by atoms with van der Waals surface area (Å²) in [5, 5.41) is 5.31. The van der Waals surface area contributed by atoms with Gasteiger partial charge in [0.15, 0.2) is 0 Å². The first-order valence-corrected chi connectivity index (χ1v) is 9.46. The molecule has 1 atom stereocenters. The van der Waals surface area contributed by atoms with Crippen molar-refractivity contribution in [2.24, 2.45) is 0 Å². The molecule has 0 radical (unpaired) electrons. The van der Waals surface area contributed by atoms with Crippen molar-refractivity contribution < 1.29 is 9.53 Å². The Labute approximate surface area is 142 Å². The third-order valence-electron chi connectivity index (χ3n) is 4.72. The molecule has 1 aromatic heterocycles. The molecule has 1 aromatic rings. The standard InChI is InChI=1S/C17H27N3O2S/c1-19(12-15-4-2-10-22-15)17(21)18-14-6-8-20(9-7-14)13-16-5-3-11-23-16/h3,5,11,14-15H,2,4,6-10,12-13H2,1H3,(H,18,21). The average molecular weight is 337 g/mol. The molecule has 1 N–H and O–H groups in total. The normalized spacial score (nSPS) is 23.1. The number of hydrogen-bond donors (Lipinski definition) is 1. The SMILES string of the molecule is CN(CC1CCCO1)C(=O)NC1CCN(Cc2cccs2)CC1. The first kappa shape index (κ1) is 16.7. The van der Waals surface area contributed by atoms with Crippen LogP contribution in [0.5, 0.6) is 0 Å². The molecule has 2 fully saturated rings. The van der Waals surface area contributed by atoms with E-state index >= 15 is 0 Å². The Bertz CT molecular complexity index is 480. The van der Waals surface area contributed by atoms with Gasteiger partial charge < -0.3 is 15.0 Å². The highest BCUT2D eigenvalue weighted by Crippen LogP contribution is 2.17. The molecule has 2 aliphatic heterocycles. The number of thiophene rings is 1. The van der Waals surface area contributed by atoms with Crippen molar-refractivity contribution in [2.75, 3.05) is 33.3 Å². The van der Waals surface area contributed by atoms with Gasteiger partial charge in [-0.1, -0.05) is 6.07 Å². The Balaban J connectivity index is 1.36. The van der Waals surface area contributed by atoms with Crippen LogP contribution in [-0.2, 0) is 11.3 Å². The monoisotopic (exact) mass is 337 g/mol. The molecule has 0 aliphatic carbocycles. The van der Waals surface area contributed by atoms with Crippen molar-refractivity contribution in [2.45, 2.75) is 44.4 Å². The lowest BCUT2D eigenvalue weighted by Crippen LogP contribution is -2.49. The number of amides is 2. The fourth-order valence-corrected chi connectivity index (χ4v) is 4.07. The fraction of sp³-hybridized carbons (Fsp3) is 0.706. The van der Waals surface area contributed by atoms with Crippen LogP contribution in [0.1, 0.15) is 30.6 Å². The van der Waals surface area contributed by atoms with E-state index in [1.165, 1.54) is 4.88 Å². The lowest BCUT2D eigenvalue weighted by molar-refractivity contribution is 0.0861. The maximum absolute atomic E-state index is 12.3. The van der Waals surface area contributed by atoms with E-state index in [2.05, 4.69) is 27.7 Å². The molecule has 3 rings (SSSR count). The smallest absolute Gasteiger partial charge is 0.317 e. The van der Waals surface area contributed by atoms with Crippen molar-refractivity contribution in [1.82, 2.24) is 15.1 Å². The molecule has 128 valence electrons. The minimum atomic E-state index is 0.0391. The van der Waals surface area contributed by atoms with Gasteiger partial charge in [0.2, 0.25) is 0 Å². The lowest BCUT2D eigenvalue weighted by Gasteiger charge is -2.33. The Hall–Kier alpha value is -1.11. The summed E-state index contributed by atoms with van der Waals surface area (Å²) in [6.45, 7) is 4.68. The molecule has 2 amide bonds. The molecule has 3 heterocycles. The summed E-state index contributed by atoms with van der Waals surface area (Å²) in [6, 6.07) is 4.64. The van der Waals surface area contributed by atoms with Gasteiger partial charge in [-0.2, -0.15) is 0 Å². The van der Waals surface area contributed by atoms with E-state index in [0.29, 0.717) is 12.6 Å². The Morgan fingerprint density at radius 3 is 2.91 bits per heavy atom. The van der Waals surface area contributed by atoms with Crippen molar-refractivity contribution in [3.05, 3.63) is 22.4 Å². The summed E-state index contributed by atoms with van der Waals surface area (Å²) < 4.78 is 5.60. The largest absolute Gasteiger partial charge is 0.376 e. The fourth-order valence-electron chi connectivity index (χ4n) is 3.32. The number of likely N-dealkylation sites (tertiary alicyclic amines) is 1. The number of piperidine rings is 1. The van der Waals surface area contributed by atoms with E-state index < -0.39 is 0 Å². The molecular formula is C17H27N3O2S. The third kappa shape index (κ3) is 4.93. The van der Waals surface area contributed by atoms with Gasteiger partial charge in [0.1, 0.15) is 0 Å². The number of carbonyl (C=O) groups is 1. The number of carbonyl (C=O) groups excluding carboxylic acids is 1. The van der Waals surface area contributed by atoms with Crippen LogP contribution in [0.25, 0.3) is 0 Å². The van der Waals surface area contributed by atoms with Gasteiger partial charge in [0.05, 0.1) is 6.10 Å². The summed E-state index contributed by atoms with van der Waals surface area (Å²) in [5.41, 5.74) is 0. The molecule has 0 bridgehead atoms. The van der Waals surface area contributed by atoms with E-state index in [4.69, 9.17) is 4.74 Å². The molecule has 6 heteroatoms. The second-order valence-corrected chi connectivity index (χ2v) is 7.63. The molecule has 5 nitrogen and oxygen atoms in total. The zero-order valence-electron chi connectivity index (χ0n) is 13.9. The van der Waals surface area contributed by atoms with E-state index in [0.717, 1.165) is 51.9 Å². The van der Waals surface area contributed by atoms with E-state index in [-0.39, 0.29) is 12.1 Å². The van der Waals surface area contributed by atoms with Gasteiger partial charge >= 0.3 is 6.03 Å². The topological polar surface area (TPSA) is 44.8 Å². The second-order valence-electron chi connectivity index (χ2n) is 6.59. The van der Waals surface area contributed by atoms with Crippen LogP contribution in [0.15, 0.2) is 17.5 Å². The number of rotatable bonds is 5. The number of likely N-dealkylation sites (N-methyl/N-ethyl adjacent to an activating group) is 1. The van der Waals surface area contributed by atoms with E-state index in [9.17, 15) is 4.79 Å². The van der Waals surface area contributed by atoms with E-state index in [1.807, 2.05) is 18.4 Å². The van der Waals surface area contributed by atoms with Crippen molar-refractivity contribution in [3.8, 4) is 0 Å². The maximum Gasteiger partial charge on any atom is 0.317 e. The zero-order chi connectivity index (χ0) is 16.1. The third-order valence-corrected chi connectivity index (χ3v) is 5.58. The summed E-state index contributed by atoms with van der Waals surface area (Å²) in [5.74, 6) is 0. The Morgan fingerprint density at radius 1 is 1.43 bits per heavy atom. The second kappa shape index (κ2) is 8.13. The van der Waals surface area contributed by atoms with Crippen LogP contribution in [-0.4, -0.2) is 61.3 Å².